The molecule has 0 fully saturated rings. The Bertz CT molecular complexity index is 313. The molecule has 88 valence electrons. The number of para-hydroxylation sites is 1. The molecule has 3 N–H and O–H groups in total. The van der Waals surface area contributed by atoms with Crippen molar-refractivity contribution in [2.24, 2.45) is 5.73 Å². The Morgan fingerprint density at radius 3 is 2.62 bits per heavy atom. The molecule has 0 heterocycles. The number of hydrogen-bond acceptors (Lipinski definition) is 2. The van der Waals surface area contributed by atoms with E-state index < -0.39 is 0 Å². The predicted octanol–water partition coefficient (Wildman–Crippen LogP) is 1.57. The third-order valence-corrected chi connectivity index (χ3v) is 2.23. The maximum Gasteiger partial charge on any atom is 0.321 e. The zero-order valence-electron chi connectivity index (χ0n) is 9.65. The standard InChI is InChI=1S/C12H19N3O/c1-2-14-12(16)15(10-6-9-13)11-7-4-3-5-8-11/h3-5,7-8H,2,6,9-10,13H2,1H3,(H,14,16). The van der Waals surface area contributed by atoms with E-state index >= 15 is 0 Å². The summed E-state index contributed by atoms with van der Waals surface area (Å²) < 4.78 is 0. The molecule has 0 aromatic heterocycles. The lowest BCUT2D eigenvalue weighted by Crippen LogP contribution is -2.41. The van der Waals surface area contributed by atoms with E-state index in [1.165, 1.54) is 0 Å². The normalized spacial score (nSPS) is 9.88. The summed E-state index contributed by atoms with van der Waals surface area (Å²) in [5.41, 5.74) is 6.38. The molecular weight excluding hydrogens is 202 g/mol. The zero-order chi connectivity index (χ0) is 11.8. The van der Waals surface area contributed by atoms with Gasteiger partial charge in [-0.3, -0.25) is 4.90 Å². The van der Waals surface area contributed by atoms with Crippen molar-refractivity contribution < 1.29 is 4.79 Å². The van der Waals surface area contributed by atoms with Crippen molar-refractivity contribution in [2.45, 2.75) is 13.3 Å². The fraction of sp³-hybridized carbons (Fsp3) is 0.417. The molecule has 0 aliphatic rings. The molecule has 0 saturated heterocycles. The first-order chi connectivity index (χ1) is 7.79. The summed E-state index contributed by atoms with van der Waals surface area (Å²) in [6, 6.07) is 9.55. The van der Waals surface area contributed by atoms with E-state index in [1.54, 1.807) is 4.90 Å². The van der Waals surface area contributed by atoms with Gasteiger partial charge in [-0.05, 0) is 32.0 Å². The molecule has 0 saturated carbocycles. The molecule has 4 heteroatoms. The number of urea groups is 1. The van der Waals surface area contributed by atoms with Gasteiger partial charge >= 0.3 is 6.03 Å². The van der Waals surface area contributed by atoms with E-state index in [0.29, 0.717) is 19.6 Å². The number of nitrogens with two attached hydrogens (primary N) is 1. The van der Waals surface area contributed by atoms with Crippen LogP contribution in [0, 0.1) is 0 Å². The highest BCUT2D eigenvalue weighted by atomic mass is 16.2. The highest BCUT2D eigenvalue weighted by Gasteiger charge is 2.13. The van der Waals surface area contributed by atoms with Crippen LogP contribution in [0.1, 0.15) is 13.3 Å². The summed E-state index contributed by atoms with van der Waals surface area (Å²) in [6.45, 7) is 3.77. The van der Waals surface area contributed by atoms with Gasteiger partial charge in [-0.1, -0.05) is 18.2 Å². The number of hydrogen-bond donors (Lipinski definition) is 2. The fourth-order valence-electron chi connectivity index (χ4n) is 1.45. The van der Waals surface area contributed by atoms with E-state index in [-0.39, 0.29) is 6.03 Å². The van der Waals surface area contributed by atoms with Gasteiger partial charge in [-0.25, -0.2) is 4.79 Å². The third-order valence-electron chi connectivity index (χ3n) is 2.23. The van der Waals surface area contributed by atoms with Crippen molar-refractivity contribution >= 4 is 11.7 Å². The fourth-order valence-corrected chi connectivity index (χ4v) is 1.45. The molecule has 0 bridgehead atoms. The monoisotopic (exact) mass is 221 g/mol. The summed E-state index contributed by atoms with van der Waals surface area (Å²) >= 11 is 0. The molecule has 1 rings (SSSR count). The van der Waals surface area contributed by atoms with Gasteiger partial charge in [0, 0.05) is 18.8 Å². The largest absolute Gasteiger partial charge is 0.338 e. The lowest BCUT2D eigenvalue weighted by molar-refractivity contribution is 0.246. The molecule has 0 spiro atoms. The molecule has 0 aliphatic heterocycles. The van der Waals surface area contributed by atoms with Crippen LogP contribution in [0.4, 0.5) is 10.5 Å². The Morgan fingerprint density at radius 2 is 2.06 bits per heavy atom. The van der Waals surface area contributed by atoms with Gasteiger partial charge < -0.3 is 11.1 Å². The molecule has 1 aromatic carbocycles. The van der Waals surface area contributed by atoms with Gasteiger partial charge in [-0.15, -0.1) is 0 Å². The van der Waals surface area contributed by atoms with E-state index in [1.807, 2.05) is 37.3 Å². The van der Waals surface area contributed by atoms with Crippen LogP contribution in [0.25, 0.3) is 0 Å². The van der Waals surface area contributed by atoms with Gasteiger partial charge in [0.2, 0.25) is 0 Å². The van der Waals surface area contributed by atoms with E-state index in [0.717, 1.165) is 12.1 Å². The van der Waals surface area contributed by atoms with Crippen LogP contribution in [0.3, 0.4) is 0 Å². The van der Waals surface area contributed by atoms with Crippen molar-refractivity contribution in [1.29, 1.82) is 0 Å². The topological polar surface area (TPSA) is 58.4 Å². The Kier molecular flexibility index (Phi) is 5.36. The van der Waals surface area contributed by atoms with Gasteiger partial charge in [0.25, 0.3) is 0 Å². The second kappa shape index (κ2) is 6.85. The SMILES string of the molecule is CCNC(=O)N(CCCN)c1ccccc1. The predicted molar refractivity (Wildman–Crippen MR) is 66.5 cm³/mol. The smallest absolute Gasteiger partial charge is 0.321 e. The number of anilines is 1. The first-order valence-corrected chi connectivity index (χ1v) is 5.60. The van der Waals surface area contributed by atoms with Crippen molar-refractivity contribution in [3.63, 3.8) is 0 Å². The van der Waals surface area contributed by atoms with Crippen molar-refractivity contribution in [2.75, 3.05) is 24.5 Å². The maximum absolute atomic E-state index is 11.8. The van der Waals surface area contributed by atoms with Crippen LogP contribution < -0.4 is 16.0 Å². The minimum Gasteiger partial charge on any atom is -0.338 e. The Hall–Kier alpha value is -1.55. The van der Waals surface area contributed by atoms with Gasteiger partial charge in [0.05, 0.1) is 0 Å². The van der Waals surface area contributed by atoms with Crippen LogP contribution in [-0.2, 0) is 0 Å². The minimum atomic E-state index is -0.0675. The van der Waals surface area contributed by atoms with Crippen LogP contribution in [-0.4, -0.2) is 25.7 Å². The third kappa shape index (κ3) is 3.55. The Balaban J connectivity index is 2.74. The van der Waals surface area contributed by atoms with Crippen molar-refractivity contribution in [3.05, 3.63) is 30.3 Å². The number of carbonyl (C=O) groups excluding carboxylic acids is 1. The van der Waals surface area contributed by atoms with Crippen molar-refractivity contribution in [3.8, 4) is 0 Å². The molecule has 0 atom stereocenters. The minimum absolute atomic E-state index is 0.0675. The van der Waals surface area contributed by atoms with Gasteiger partial charge in [0.15, 0.2) is 0 Å². The second-order valence-corrected chi connectivity index (χ2v) is 3.46. The first kappa shape index (κ1) is 12.5. The molecule has 16 heavy (non-hydrogen) atoms. The Labute approximate surface area is 96.4 Å². The van der Waals surface area contributed by atoms with Crippen LogP contribution in [0.15, 0.2) is 30.3 Å². The van der Waals surface area contributed by atoms with Crippen LogP contribution in [0.5, 0.6) is 0 Å². The summed E-state index contributed by atoms with van der Waals surface area (Å²) in [5.74, 6) is 0. The number of carbonyl (C=O) groups is 1. The molecule has 4 nitrogen and oxygen atoms in total. The number of nitrogens with zero attached hydrogens (tertiary/aromatic N) is 1. The molecule has 0 unspecified atom stereocenters. The highest BCUT2D eigenvalue weighted by Crippen LogP contribution is 2.13. The van der Waals surface area contributed by atoms with Crippen LogP contribution in [0.2, 0.25) is 0 Å². The molecule has 2 amide bonds. The average molecular weight is 221 g/mol. The van der Waals surface area contributed by atoms with E-state index in [9.17, 15) is 4.79 Å². The quantitative estimate of drug-likeness (QED) is 0.793. The molecule has 0 aliphatic carbocycles. The lowest BCUT2D eigenvalue weighted by Gasteiger charge is -2.22. The number of amides is 2. The summed E-state index contributed by atoms with van der Waals surface area (Å²) in [5, 5.41) is 2.80. The van der Waals surface area contributed by atoms with Gasteiger partial charge in [-0.2, -0.15) is 0 Å². The second-order valence-electron chi connectivity index (χ2n) is 3.46. The maximum atomic E-state index is 11.8. The zero-order valence-corrected chi connectivity index (χ0v) is 9.65. The molecular formula is C12H19N3O. The number of rotatable bonds is 5. The van der Waals surface area contributed by atoms with Crippen LogP contribution >= 0.6 is 0 Å². The average Bonchev–Trinajstić information content (AvgIpc) is 2.31. The molecule has 0 radical (unpaired) electrons. The highest BCUT2D eigenvalue weighted by molar-refractivity contribution is 5.91. The number of nitrogens with one attached hydrogen (secondary N) is 1. The number of benzene rings is 1. The Morgan fingerprint density at radius 1 is 1.38 bits per heavy atom. The summed E-state index contributed by atoms with van der Waals surface area (Å²) in [6.07, 6.45) is 0.798. The first-order valence-electron chi connectivity index (χ1n) is 5.60. The van der Waals surface area contributed by atoms with Crippen molar-refractivity contribution in [1.82, 2.24) is 5.32 Å². The van der Waals surface area contributed by atoms with Gasteiger partial charge in [0.1, 0.15) is 0 Å². The van der Waals surface area contributed by atoms with E-state index in [2.05, 4.69) is 5.32 Å². The summed E-state index contributed by atoms with van der Waals surface area (Å²) in [7, 11) is 0. The lowest BCUT2D eigenvalue weighted by atomic mass is 10.3. The molecule has 1 aromatic rings. The summed E-state index contributed by atoms with van der Waals surface area (Å²) in [4.78, 5) is 13.5. The van der Waals surface area contributed by atoms with E-state index in [4.69, 9.17) is 5.73 Å².